The van der Waals surface area contributed by atoms with Crippen molar-refractivity contribution in [1.82, 2.24) is 4.31 Å². The molecule has 0 bridgehead atoms. The number of benzene rings is 1. The Morgan fingerprint density at radius 3 is 2.27 bits per heavy atom. The molecule has 2 heterocycles. The van der Waals surface area contributed by atoms with Crippen LogP contribution in [0.3, 0.4) is 0 Å². The molecule has 1 unspecified atom stereocenters. The molecular formula is C18H29BN2O4S. The summed E-state index contributed by atoms with van der Waals surface area (Å²) in [5, 5.41) is 0. The fourth-order valence-electron chi connectivity index (χ4n) is 3.36. The van der Waals surface area contributed by atoms with E-state index in [2.05, 4.69) is 0 Å². The van der Waals surface area contributed by atoms with Crippen LogP contribution in [0.25, 0.3) is 0 Å². The first-order valence-corrected chi connectivity index (χ1v) is 10.7. The molecule has 0 radical (unpaired) electrons. The average molecular weight is 380 g/mol. The standard InChI is InChI=1S/C18H29BN2O4S/c1-17(2)18(3,4)25-19(24-17)15-7-9-16(10-8-15)26(22,23)21-11-5-6-14(12-20)13-21/h7-10,14H,5-6,11-13,20H2,1-4H3. The number of sulfonamides is 1. The zero-order chi connectivity index (χ0) is 19.2. The molecule has 1 atom stereocenters. The molecule has 1 aromatic carbocycles. The van der Waals surface area contributed by atoms with Crippen molar-refractivity contribution in [3.63, 3.8) is 0 Å². The molecule has 2 saturated heterocycles. The van der Waals surface area contributed by atoms with Crippen molar-refractivity contribution < 1.29 is 17.7 Å². The Bertz CT molecular complexity index is 733. The lowest BCUT2D eigenvalue weighted by Gasteiger charge is -2.32. The highest BCUT2D eigenvalue weighted by atomic mass is 32.2. The molecule has 0 aromatic heterocycles. The number of nitrogens with two attached hydrogens (primary N) is 1. The molecule has 0 amide bonds. The Hall–Kier alpha value is -0.925. The van der Waals surface area contributed by atoms with E-state index in [0.717, 1.165) is 18.3 Å². The van der Waals surface area contributed by atoms with Crippen LogP contribution >= 0.6 is 0 Å². The monoisotopic (exact) mass is 380 g/mol. The van der Waals surface area contributed by atoms with Crippen LogP contribution in [0.2, 0.25) is 0 Å². The van der Waals surface area contributed by atoms with Gasteiger partial charge in [-0.05, 0) is 70.6 Å². The molecule has 2 fully saturated rings. The number of rotatable bonds is 4. The van der Waals surface area contributed by atoms with E-state index in [1.165, 1.54) is 0 Å². The SMILES string of the molecule is CC1(C)OB(c2ccc(S(=O)(=O)N3CCCC(CN)C3)cc2)OC1(C)C. The molecule has 144 valence electrons. The molecule has 2 aliphatic rings. The van der Waals surface area contributed by atoms with E-state index in [-0.39, 0.29) is 5.92 Å². The van der Waals surface area contributed by atoms with Crippen LogP contribution in [-0.2, 0) is 19.3 Å². The normalized spacial score (nSPS) is 26.2. The van der Waals surface area contributed by atoms with Crippen LogP contribution < -0.4 is 11.2 Å². The minimum absolute atomic E-state index is 0.238. The van der Waals surface area contributed by atoms with E-state index < -0.39 is 28.3 Å². The molecule has 3 rings (SSSR count). The van der Waals surface area contributed by atoms with Crippen molar-refractivity contribution in [2.24, 2.45) is 11.7 Å². The molecular weight excluding hydrogens is 351 g/mol. The topological polar surface area (TPSA) is 81.9 Å². The summed E-state index contributed by atoms with van der Waals surface area (Å²) in [5.74, 6) is 0.238. The van der Waals surface area contributed by atoms with Crippen molar-refractivity contribution in [3.05, 3.63) is 24.3 Å². The van der Waals surface area contributed by atoms with E-state index in [1.54, 1.807) is 28.6 Å². The third kappa shape index (κ3) is 3.58. The largest absolute Gasteiger partial charge is 0.494 e. The van der Waals surface area contributed by atoms with Crippen molar-refractivity contribution in [1.29, 1.82) is 0 Å². The van der Waals surface area contributed by atoms with Gasteiger partial charge in [0, 0.05) is 13.1 Å². The predicted molar refractivity (Wildman–Crippen MR) is 103 cm³/mol. The minimum atomic E-state index is -3.49. The number of piperidine rings is 1. The highest BCUT2D eigenvalue weighted by molar-refractivity contribution is 7.89. The third-order valence-electron chi connectivity index (χ3n) is 5.86. The molecule has 2 N–H and O–H groups in total. The highest BCUT2D eigenvalue weighted by Crippen LogP contribution is 2.36. The number of hydrogen-bond acceptors (Lipinski definition) is 5. The Morgan fingerprint density at radius 2 is 1.73 bits per heavy atom. The smallest absolute Gasteiger partial charge is 0.399 e. The third-order valence-corrected chi connectivity index (χ3v) is 7.74. The van der Waals surface area contributed by atoms with Gasteiger partial charge in [0.2, 0.25) is 10.0 Å². The van der Waals surface area contributed by atoms with Gasteiger partial charge in [-0.1, -0.05) is 12.1 Å². The van der Waals surface area contributed by atoms with Crippen LogP contribution in [0.4, 0.5) is 0 Å². The summed E-state index contributed by atoms with van der Waals surface area (Å²) in [5.41, 5.74) is 5.71. The van der Waals surface area contributed by atoms with Crippen molar-refractivity contribution in [2.75, 3.05) is 19.6 Å². The fraction of sp³-hybridized carbons (Fsp3) is 0.667. The van der Waals surface area contributed by atoms with Gasteiger partial charge in [0.05, 0.1) is 16.1 Å². The van der Waals surface area contributed by atoms with Gasteiger partial charge in [-0.2, -0.15) is 4.31 Å². The van der Waals surface area contributed by atoms with Gasteiger partial charge in [-0.25, -0.2) is 8.42 Å². The van der Waals surface area contributed by atoms with Crippen LogP contribution in [0.5, 0.6) is 0 Å². The Kier molecular flexibility index (Phi) is 5.27. The lowest BCUT2D eigenvalue weighted by molar-refractivity contribution is 0.00578. The maximum absolute atomic E-state index is 12.9. The van der Waals surface area contributed by atoms with Gasteiger partial charge < -0.3 is 15.0 Å². The van der Waals surface area contributed by atoms with Gasteiger partial charge in [0.25, 0.3) is 0 Å². The van der Waals surface area contributed by atoms with Crippen molar-refractivity contribution in [3.8, 4) is 0 Å². The molecule has 0 saturated carbocycles. The molecule has 0 spiro atoms. The average Bonchev–Trinajstić information content (AvgIpc) is 2.83. The summed E-state index contributed by atoms with van der Waals surface area (Å²) >= 11 is 0. The molecule has 2 aliphatic heterocycles. The van der Waals surface area contributed by atoms with E-state index in [4.69, 9.17) is 15.0 Å². The zero-order valence-corrected chi connectivity index (χ0v) is 16.9. The summed E-state index contributed by atoms with van der Waals surface area (Å²) < 4.78 is 39.4. The predicted octanol–water partition coefficient (Wildman–Crippen LogP) is 1.35. The summed E-state index contributed by atoms with van der Waals surface area (Å²) in [6.45, 7) is 9.56. The summed E-state index contributed by atoms with van der Waals surface area (Å²) in [6.07, 6.45) is 1.84. The van der Waals surface area contributed by atoms with E-state index in [1.807, 2.05) is 27.7 Å². The van der Waals surface area contributed by atoms with Gasteiger partial charge >= 0.3 is 7.12 Å². The van der Waals surface area contributed by atoms with Gasteiger partial charge in [-0.3, -0.25) is 0 Å². The Morgan fingerprint density at radius 1 is 1.15 bits per heavy atom. The highest BCUT2D eigenvalue weighted by Gasteiger charge is 2.51. The summed E-state index contributed by atoms with van der Waals surface area (Å²) in [6, 6.07) is 6.84. The second-order valence-electron chi connectivity index (χ2n) is 8.26. The maximum Gasteiger partial charge on any atom is 0.494 e. The summed E-state index contributed by atoms with van der Waals surface area (Å²) in [4.78, 5) is 0.301. The lowest BCUT2D eigenvalue weighted by Crippen LogP contribution is -2.42. The zero-order valence-electron chi connectivity index (χ0n) is 16.1. The van der Waals surface area contributed by atoms with Crippen LogP contribution in [-0.4, -0.2) is 50.7 Å². The van der Waals surface area contributed by atoms with E-state index >= 15 is 0 Å². The van der Waals surface area contributed by atoms with Crippen LogP contribution in [0, 0.1) is 5.92 Å². The van der Waals surface area contributed by atoms with Crippen molar-refractivity contribution >= 4 is 22.6 Å². The Balaban J connectivity index is 1.77. The second-order valence-corrected chi connectivity index (χ2v) is 10.2. The molecule has 26 heavy (non-hydrogen) atoms. The molecule has 6 nitrogen and oxygen atoms in total. The number of hydrogen-bond donors (Lipinski definition) is 1. The molecule has 8 heteroatoms. The van der Waals surface area contributed by atoms with Gasteiger partial charge in [0.1, 0.15) is 0 Å². The fourth-order valence-corrected chi connectivity index (χ4v) is 4.92. The van der Waals surface area contributed by atoms with Gasteiger partial charge in [-0.15, -0.1) is 0 Å². The van der Waals surface area contributed by atoms with Crippen LogP contribution in [0.1, 0.15) is 40.5 Å². The maximum atomic E-state index is 12.9. The van der Waals surface area contributed by atoms with Gasteiger partial charge in [0.15, 0.2) is 0 Å². The number of nitrogens with zero attached hydrogens (tertiary/aromatic N) is 1. The van der Waals surface area contributed by atoms with E-state index in [0.29, 0.717) is 24.5 Å². The molecule has 0 aliphatic carbocycles. The quantitative estimate of drug-likeness (QED) is 0.798. The second kappa shape index (κ2) is 6.91. The first-order chi connectivity index (χ1) is 12.1. The Labute approximate surface area is 157 Å². The van der Waals surface area contributed by atoms with E-state index in [9.17, 15) is 8.42 Å². The molecule has 1 aromatic rings. The summed E-state index contributed by atoms with van der Waals surface area (Å²) in [7, 11) is -3.99. The first kappa shape index (κ1) is 19.8. The van der Waals surface area contributed by atoms with Crippen molar-refractivity contribution in [2.45, 2.75) is 56.6 Å². The minimum Gasteiger partial charge on any atom is -0.399 e. The van der Waals surface area contributed by atoms with Crippen LogP contribution in [0.15, 0.2) is 29.2 Å². The lowest BCUT2D eigenvalue weighted by atomic mass is 9.79. The first-order valence-electron chi connectivity index (χ1n) is 9.23.